The van der Waals surface area contributed by atoms with Crippen molar-refractivity contribution < 1.29 is 9.90 Å². The van der Waals surface area contributed by atoms with Gasteiger partial charge in [0.25, 0.3) is 0 Å². The highest BCUT2D eigenvalue weighted by atomic mass is 16.3. The number of hydrogen-bond donors (Lipinski definition) is 1. The van der Waals surface area contributed by atoms with Crippen LogP contribution in [0.1, 0.15) is 37.8 Å². The Balaban J connectivity index is 2.73. The summed E-state index contributed by atoms with van der Waals surface area (Å²) in [6.45, 7) is 6.65. The second-order valence-corrected chi connectivity index (χ2v) is 4.94. The van der Waals surface area contributed by atoms with Gasteiger partial charge < -0.3 is 10.0 Å². The monoisotopic (exact) mass is 263 g/mol. The summed E-state index contributed by atoms with van der Waals surface area (Å²) in [6, 6.07) is 8.27. The van der Waals surface area contributed by atoms with Crippen molar-refractivity contribution in [1.29, 1.82) is 0 Å². The summed E-state index contributed by atoms with van der Waals surface area (Å²) in [7, 11) is 0. The largest absolute Gasteiger partial charge is 0.395 e. The van der Waals surface area contributed by atoms with Crippen LogP contribution in [0.25, 0.3) is 0 Å². The third-order valence-electron chi connectivity index (χ3n) is 3.52. The fourth-order valence-corrected chi connectivity index (χ4v) is 2.33. The maximum atomic E-state index is 12.4. The van der Waals surface area contributed by atoms with E-state index in [-0.39, 0.29) is 18.6 Å². The van der Waals surface area contributed by atoms with Crippen LogP contribution in [-0.4, -0.2) is 35.1 Å². The SMILES string of the molecule is CCC(CC)N(CCO)C(=O)Cc1ccc(C)cc1. The van der Waals surface area contributed by atoms with Gasteiger partial charge in [0.1, 0.15) is 0 Å². The van der Waals surface area contributed by atoms with Crippen LogP contribution in [0.3, 0.4) is 0 Å². The molecule has 0 unspecified atom stereocenters. The molecule has 3 heteroatoms. The Morgan fingerprint density at radius 2 is 1.79 bits per heavy atom. The van der Waals surface area contributed by atoms with Gasteiger partial charge in [-0.05, 0) is 25.3 Å². The lowest BCUT2D eigenvalue weighted by atomic mass is 10.1. The summed E-state index contributed by atoms with van der Waals surface area (Å²) >= 11 is 0. The molecule has 1 aromatic carbocycles. The van der Waals surface area contributed by atoms with E-state index in [4.69, 9.17) is 5.11 Å². The third-order valence-corrected chi connectivity index (χ3v) is 3.52. The maximum absolute atomic E-state index is 12.4. The second-order valence-electron chi connectivity index (χ2n) is 4.94. The molecular weight excluding hydrogens is 238 g/mol. The molecule has 0 heterocycles. The molecular formula is C16H25NO2. The molecule has 19 heavy (non-hydrogen) atoms. The van der Waals surface area contributed by atoms with Gasteiger partial charge in [0.15, 0.2) is 0 Å². The predicted molar refractivity (Wildman–Crippen MR) is 78.1 cm³/mol. The predicted octanol–water partition coefficient (Wildman–Crippen LogP) is 2.55. The van der Waals surface area contributed by atoms with Crippen molar-refractivity contribution in [3.63, 3.8) is 0 Å². The normalized spacial score (nSPS) is 10.8. The fraction of sp³-hybridized carbons (Fsp3) is 0.562. The number of carbonyl (C=O) groups is 1. The number of aliphatic hydroxyl groups is 1. The number of amides is 1. The highest BCUT2D eigenvalue weighted by Gasteiger charge is 2.20. The minimum atomic E-state index is 0.0239. The van der Waals surface area contributed by atoms with Gasteiger partial charge in [0.2, 0.25) is 5.91 Å². The first-order valence-electron chi connectivity index (χ1n) is 7.08. The molecule has 106 valence electrons. The lowest BCUT2D eigenvalue weighted by Crippen LogP contribution is -2.42. The van der Waals surface area contributed by atoms with Gasteiger partial charge in [-0.1, -0.05) is 43.7 Å². The van der Waals surface area contributed by atoms with Crippen LogP contribution in [0.4, 0.5) is 0 Å². The molecule has 0 saturated heterocycles. The van der Waals surface area contributed by atoms with Crippen molar-refractivity contribution >= 4 is 5.91 Å². The zero-order chi connectivity index (χ0) is 14.3. The van der Waals surface area contributed by atoms with Crippen LogP contribution in [-0.2, 0) is 11.2 Å². The third kappa shape index (κ3) is 4.67. The van der Waals surface area contributed by atoms with Crippen molar-refractivity contribution in [2.24, 2.45) is 0 Å². The number of nitrogens with zero attached hydrogens (tertiary/aromatic N) is 1. The van der Waals surface area contributed by atoms with Gasteiger partial charge in [-0.3, -0.25) is 4.79 Å². The molecule has 0 spiro atoms. The molecule has 1 amide bonds. The van der Waals surface area contributed by atoms with E-state index in [0.717, 1.165) is 18.4 Å². The van der Waals surface area contributed by atoms with Crippen LogP contribution in [0.5, 0.6) is 0 Å². The summed E-state index contributed by atoms with van der Waals surface area (Å²) in [5.41, 5.74) is 2.23. The van der Waals surface area contributed by atoms with E-state index in [0.29, 0.717) is 13.0 Å². The van der Waals surface area contributed by atoms with E-state index >= 15 is 0 Å². The maximum Gasteiger partial charge on any atom is 0.227 e. The lowest BCUT2D eigenvalue weighted by molar-refractivity contribution is -0.133. The van der Waals surface area contributed by atoms with Crippen molar-refractivity contribution in [3.05, 3.63) is 35.4 Å². The van der Waals surface area contributed by atoms with E-state index in [2.05, 4.69) is 13.8 Å². The standard InChI is InChI=1S/C16H25NO2/c1-4-15(5-2)17(10-11-18)16(19)12-14-8-6-13(3)7-9-14/h6-9,15,18H,4-5,10-12H2,1-3H3. The van der Waals surface area contributed by atoms with Gasteiger partial charge in [-0.25, -0.2) is 0 Å². The average molecular weight is 263 g/mol. The minimum absolute atomic E-state index is 0.0239. The topological polar surface area (TPSA) is 40.5 Å². The van der Waals surface area contributed by atoms with Crippen molar-refractivity contribution in [1.82, 2.24) is 4.90 Å². The highest BCUT2D eigenvalue weighted by molar-refractivity contribution is 5.79. The number of hydrogen-bond acceptors (Lipinski definition) is 2. The van der Waals surface area contributed by atoms with Crippen LogP contribution in [0.2, 0.25) is 0 Å². The van der Waals surface area contributed by atoms with E-state index in [9.17, 15) is 4.79 Å². The van der Waals surface area contributed by atoms with Crippen LogP contribution >= 0.6 is 0 Å². The number of aryl methyl sites for hydroxylation is 1. The summed E-state index contributed by atoms with van der Waals surface area (Å²) < 4.78 is 0. The van der Waals surface area contributed by atoms with Gasteiger partial charge >= 0.3 is 0 Å². The van der Waals surface area contributed by atoms with E-state index in [1.165, 1.54) is 5.56 Å². The zero-order valence-corrected chi connectivity index (χ0v) is 12.2. The number of rotatable bonds is 7. The molecule has 1 aromatic rings. The minimum Gasteiger partial charge on any atom is -0.395 e. The molecule has 0 fully saturated rings. The van der Waals surface area contributed by atoms with Crippen molar-refractivity contribution in [2.75, 3.05) is 13.2 Å². The summed E-state index contributed by atoms with van der Waals surface area (Å²) in [5, 5.41) is 9.13. The number of carbonyl (C=O) groups excluding carboxylic acids is 1. The average Bonchev–Trinajstić information content (AvgIpc) is 2.41. The lowest BCUT2D eigenvalue weighted by Gasteiger charge is -2.30. The number of benzene rings is 1. The molecule has 0 saturated carbocycles. The molecule has 0 aliphatic rings. The molecule has 3 nitrogen and oxygen atoms in total. The molecule has 0 aliphatic heterocycles. The Kier molecular flexibility index (Phi) is 6.57. The molecule has 0 aliphatic carbocycles. The Morgan fingerprint density at radius 1 is 1.21 bits per heavy atom. The van der Waals surface area contributed by atoms with Crippen molar-refractivity contribution in [3.8, 4) is 0 Å². The molecule has 1 N–H and O–H groups in total. The first kappa shape index (κ1) is 15.7. The highest BCUT2D eigenvalue weighted by Crippen LogP contribution is 2.12. The Labute approximate surface area is 116 Å². The zero-order valence-electron chi connectivity index (χ0n) is 12.2. The molecule has 0 atom stereocenters. The molecule has 0 radical (unpaired) electrons. The summed E-state index contributed by atoms with van der Waals surface area (Å²) in [4.78, 5) is 14.2. The van der Waals surface area contributed by atoms with Gasteiger partial charge in [0.05, 0.1) is 13.0 Å². The fourth-order valence-electron chi connectivity index (χ4n) is 2.33. The van der Waals surface area contributed by atoms with Gasteiger partial charge in [0, 0.05) is 12.6 Å². The first-order chi connectivity index (χ1) is 9.12. The molecule has 1 rings (SSSR count). The van der Waals surface area contributed by atoms with E-state index in [1.54, 1.807) is 0 Å². The van der Waals surface area contributed by atoms with E-state index in [1.807, 2.05) is 36.1 Å². The summed E-state index contributed by atoms with van der Waals surface area (Å²) in [6.07, 6.45) is 2.27. The van der Waals surface area contributed by atoms with Crippen molar-refractivity contribution in [2.45, 2.75) is 46.1 Å². The van der Waals surface area contributed by atoms with Gasteiger partial charge in [-0.2, -0.15) is 0 Å². The quantitative estimate of drug-likeness (QED) is 0.821. The molecule has 0 bridgehead atoms. The van der Waals surface area contributed by atoms with E-state index < -0.39 is 0 Å². The Hall–Kier alpha value is -1.35. The number of aliphatic hydroxyl groups excluding tert-OH is 1. The first-order valence-corrected chi connectivity index (χ1v) is 7.08. The van der Waals surface area contributed by atoms with Gasteiger partial charge in [-0.15, -0.1) is 0 Å². The van der Waals surface area contributed by atoms with Crippen LogP contribution in [0, 0.1) is 6.92 Å². The summed E-state index contributed by atoms with van der Waals surface area (Å²) in [5.74, 6) is 0.103. The Morgan fingerprint density at radius 3 is 2.26 bits per heavy atom. The Bertz CT molecular complexity index is 382. The second kappa shape index (κ2) is 7.95. The van der Waals surface area contributed by atoms with Crippen LogP contribution in [0.15, 0.2) is 24.3 Å². The van der Waals surface area contributed by atoms with Crippen LogP contribution < -0.4 is 0 Å². The molecule has 0 aromatic heterocycles. The smallest absolute Gasteiger partial charge is 0.227 e.